The van der Waals surface area contributed by atoms with Gasteiger partial charge in [0.15, 0.2) is 5.69 Å². The van der Waals surface area contributed by atoms with Crippen LogP contribution < -0.4 is 11.1 Å². The molecule has 0 atom stereocenters. The zero-order valence-corrected chi connectivity index (χ0v) is 8.71. The highest BCUT2D eigenvalue weighted by atomic mass is 16.2. The molecule has 16 heavy (non-hydrogen) atoms. The Bertz CT molecular complexity index is 519. The molecule has 0 fully saturated rings. The first-order valence-corrected chi connectivity index (χ1v) is 4.69. The number of amides is 1. The van der Waals surface area contributed by atoms with Crippen molar-refractivity contribution in [3.05, 3.63) is 36.2 Å². The lowest BCUT2D eigenvalue weighted by Crippen LogP contribution is -2.13. The largest absolute Gasteiger partial charge is 0.397 e. The second-order valence-electron chi connectivity index (χ2n) is 3.32. The molecule has 0 aliphatic carbocycles. The summed E-state index contributed by atoms with van der Waals surface area (Å²) in [7, 11) is 1.70. The van der Waals surface area contributed by atoms with Gasteiger partial charge in [0.05, 0.1) is 17.6 Å². The van der Waals surface area contributed by atoms with Crippen molar-refractivity contribution in [2.75, 3.05) is 11.1 Å². The highest BCUT2D eigenvalue weighted by Crippen LogP contribution is 2.17. The summed E-state index contributed by atoms with van der Waals surface area (Å²) >= 11 is 0. The lowest BCUT2D eigenvalue weighted by molar-refractivity contribution is 0.102. The fourth-order valence-electron chi connectivity index (χ4n) is 1.25. The molecule has 0 unspecified atom stereocenters. The number of nitrogen functional groups attached to an aromatic ring is 1. The molecule has 3 N–H and O–H groups in total. The summed E-state index contributed by atoms with van der Waals surface area (Å²) in [6, 6.07) is 7.03. The third-order valence-corrected chi connectivity index (χ3v) is 2.04. The number of carbonyl (C=O) groups excluding carboxylic acids is 1. The third-order valence-electron chi connectivity index (χ3n) is 2.04. The van der Waals surface area contributed by atoms with Crippen LogP contribution in [0.2, 0.25) is 0 Å². The van der Waals surface area contributed by atoms with E-state index in [-0.39, 0.29) is 11.6 Å². The van der Waals surface area contributed by atoms with E-state index in [0.29, 0.717) is 11.4 Å². The predicted octanol–water partition coefficient (Wildman–Crippen LogP) is 0.650. The fourth-order valence-corrected chi connectivity index (χ4v) is 1.25. The number of benzene rings is 1. The summed E-state index contributed by atoms with van der Waals surface area (Å²) in [4.78, 5) is 11.7. The minimum Gasteiger partial charge on any atom is -0.397 e. The fraction of sp³-hybridized carbons (Fsp3) is 0.100. The van der Waals surface area contributed by atoms with E-state index in [1.165, 1.54) is 10.9 Å². The number of anilines is 2. The predicted molar refractivity (Wildman–Crippen MR) is 59.8 cm³/mol. The number of para-hydroxylation sites is 2. The van der Waals surface area contributed by atoms with Crippen molar-refractivity contribution in [2.24, 2.45) is 7.05 Å². The average molecular weight is 217 g/mol. The number of hydrogen-bond donors (Lipinski definition) is 2. The summed E-state index contributed by atoms with van der Waals surface area (Å²) in [5.74, 6) is -0.328. The minimum atomic E-state index is -0.328. The van der Waals surface area contributed by atoms with E-state index in [0.717, 1.165) is 0 Å². The van der Waals surface area contributed by atoms with Crippen molar-refractivity contribution < 1.29 is 4.79 Å². The van der Waals surface area contributed by atoms with Crippen LogP contribution in [0, 0.1) is 0 Å². The van der Waals surface area contributed by atoms with Crippen molar-refractivity contribution in [2.45, 2.75) is 0 Å². The summed E-state index contributed by atoms with van der Waals surface area (Å²) in [5.41, 5.74) is 7.03. The molecule has 0 aliphatic rings. The van der Waals surface area contributed by atoms with Gasteiger partial charge in [-0.25, -0.2) is 0 Å². The second-order valence-corrected chi connectivity index (χ2v) is 3.32. The van der Waals surface area contributed by atoms with Gasteiger partial charge in [0.2, 0.25) is 0 Å². The van der Waals surface area contributed by atoms with Crippen LogP contribution in [0.1, 0.15) is 10.5 Å². The number of nitrogens with one attached hydrogen (secondary N) is 1. The SMILES string of the molecule is Cn1cc(C(=O)Nc2ccccc2N)nn1. The summed E-state index contributed by atoms with van der Waals surface area (Å²) < 4.78 is 1.46. The van der Waals surface area contributed by atoms with Crippen molar-refractivity contribution in [3.8, 4) is 0 Å². The molecule has 1 amide bonds. The normalized spacial score (nSPS) is 10.1. The Morgan fingerprint density at radius 3 is 2.81 bits per heavy atom. The van der Waals surface area contributed by atoms with Gasteiger partial charge in [-0.2, -0.15) is 0 Å². The quantitative estimate of drug-likeness (QED) is 0.723. The number of aromatic nitrogens is 3. The lowest BCUT2D eigenvalue weighted by Gasteiger charge is -2.05. The molecule has 82 valence electrons. The molecule has 0 saturated carbocycles. The van der Waals surface area contributed by atoms with Crippen LogP contribution in [0.4, 0.5) is 11.4 Å². The highest BCUT2D eigenvalue weighted by molar-refractivity contribution is 6.04. The van der Waals surface area contributed by atoms with Crippen LogP contribution >= 0.6 is 0 Å². The van der Waals surface area contributed by atoms with Crippen LogP contribution in [0.3, 0.4) is 0 Å². The van der Waals surface area contributed by atoms with E-state index in [4.69, 9.17) is 5.73 Å². The number of carbonyl (C=O) groups is 1. The van der Waals surface area contributed by atoms with Crippen molar-refractivity contribution in [3.63, 3.8) is 0 Å². The molecule has 2 rings (SSSR count). The standard InChI is InChI=1S/C10H11N5O/c1-15-6-9(13-14-15)10(16)12-8-5-3-2-4-7(8)11/h2-6H,11H2,1H3,(H,12,16). The molecule has 6 heteroatoms. The van der Waals surface area contributed by atoms with E-state index in [1.807, 2.05) is 0 Å². The number of nitrogens with zero attached hydrogens (tertiary/aromatic N) is 3. The summed E-state index contributed by atoms with van der Waals surface area (Å²) in [6.07, 6.45) is 1.54. The van der Waals surface area contributed by atoms with Crippen LogP contribution in [0.15, 0.2) is 30.5 Å². The summed E-state index contributed by atoms with van der Waals surface area (Å²) in [6.45, 7) is 0. The molecule has 0 radical (unpaired) electrons. The Kier molecular flexibility index (Phi) is 2.55. The Morgan fingerprint density at radius 2 is 2.19 bits per heavy atom. The Labute approximate surface area is 92.1 Å². The van der Waals surface area contributed by atoms with Crippen molar-refractivity contribution >= 4 is 17.3 Å². The Balaban J connectivity index is 2.17. The molecule has 0 saturated heterocycles. The molecule has 0 spiro atoms. The van der Waals surface area contributed by atoms with Crippen LogP contribution in [-0.4, -0.2) is 20.9 Å². The van der Waals surface area contributed by atoms with Gasteiger partial charge in [-0.3, -0.25) is 9.48 Å². The average Bonchev–Trinajstić information content (AvgIpc) is 2.68. The van der Waals surface area contributed by atoms with E-state index in [1.54, 1.807) is 31.3 Å². The van der Waals surface area contributed by atoms with Crippen LogP contribution in [0.5, 0.6) is 0 Å². The van der Waals surface area contributed by atoms with Gasteiger partial charge in [-0.05, 0) is 12.1 Å². The maximum absolute atomic E-state index is 11.7. The first kappa shape index (κ1) is 10.2. The van der Waals surface area contributed by atoms with Crippen molar-refractivity contribution in [1.29, 1.82) is 0 Å². The molecule has 1 aromatic heterocycles. The maximum atomic E-state index is 11.7. The van der Waals surface area contributed by atoms with Gasteiger partial charge in [0.1, 0.15) is 0 Å². The van der Waals surface area contributed by atoms with Crippen LogP contribution in [-0.2, 0) is 7.05 Å². The van der Waals surface area contributed by atoms with Gasteiger partial charge in [0.25, 0.3) is 5.91 Å². The summed E-state index contributed by atoms with van der Waals surface area (Å²) in [5, 5.41) is 10.0. The highest BCUT2D eigenvalue weighted by Gasteiger charge is 2.10. The van der Waals surface area contributed by atoms with E-state index in [9.17, 15) is 4.79 Å². The van der Waals surface area contributed by atoms with Crippen LogP contribution in [0.25, 0.3) is 0 Å². The van der Waals surface area contributed by atoms with E-state index in [2.05, 4.69) is 15.6 Å². The monoisotopic (exact) mass is 217 g/mol. The molecule has 6 nitrogen and oxygen atoms in total. The molecular formula is C10H11N5O. The number of hydrogen-bond acceptors (Lipinski definition) is 4. The first-order chi connectivity index (χ1) is 7.66. The third kappa shape index (κ3) is 2.00. The smallest absolute Gasteiger partial charge is 0.277 e. The zero-order valence-electron chi connectivity index (χ0n) is 8.71. The molecule has 2 aromatic rings. The van der Waals surface area contributed by atoms with E-state index >= 15 is 0 Å². The van der Waals surface area contributed by atoms with Gasteiger partial charge in [-0.1, -0.05) is 17.3 Å². The molecule has 0 aliphatic heterocycles. The van der Waals surface area contributed by atoms with E-state index < -0.39 is 0 Å². The topological polar surface area (TPSA) is 85.8 Å². The number of nitrogens with two attached hydrogens (primary N) is 1. The molecule has 0 bridgehead atoms. The maximum Gasteiger partial charge on any atom is 0.277 e. The van der Waals surface area contributed by atoms with Gasteiger partial charge in [0, 0.05) is 7.05 Å². The number of aryl methyl sites for hydroxylation is 1. The minimum absolute atomic E-state index is 0.255. The van der Waals surface area contributed by atoms with Crippen molar-refractivity contribution in [1.82, 2.24) is 15.0 Å². The Morgan fingerprint density at radius 1 is 1.44 bits per heavy atom. The molecule has 1 heterocycles. The molecular weight excluding hydrogens is 206 g/mol. The first-order valence-electron chi connectivity index (χ1n) is 4.69. The van der Waals surface area contributed by atoms with Gasteiger partial charge < -0.3 is 11.1 Å². The van der Waals surface area contributed by atoms with Gasteiger partial charge >= 0.3 is 0 Å². The second kappa shape index (κ2) is 4.01. The van der Waals surface area contributed by atoms with Gasteiger partial charge in [-0.15, -0.1) is 5.10 Å². The lowest BCUT2D eigenvalue weighted by atomic mass is 10.2. The Hall–Kier alpha value is -2.37. The zero-order chi connectivity index (χ0) is 11.5. The number of rotatable bonds is 2. The molecule has 1 aromatic carbocycles.